The molecule has 0 fully saturated rings. The predicted molar refractivity (Wildman–Crippen MR) is 84.4 cm³/mol. The van der Waals surface area contributed by atoms with Gasteiger partial charge in [0.15, 0.2) is 0 Å². The number of hydrogen-bond donors (Lipinski definition) is 1. The summed E-state index contributed by atoms with van der Waals surface area (Å²) in [6.07, 6.45) is 0.776. The van der Waals surface area contributed by atoms with Gasteiger partial charge in [-0.2, -0.15) is 0 Å². The lowest BCUT2D eigenvalue weighted by Crippen LogP contribution is -2.40. The molecule has 4 nitrogen and oxygen atoms in total. The smallest absolute Gasteiger partial charge is 0.226 e. The van der Waals surface area contributed by atoms with Gasteiger partial charge in [0.05, 0.1) is 13.0 Å². The molecule has 0 aliphatic carbocycles. The van der Waals surface area contributed by atoms with E-state index in [1.807, 2.05) is 45.2 Å². The van der Waals surface area contributed by atoms with Crippen LogP contribution in [0.25, 0.3) is 0 Å². The molecule has 1 aromatic rings. The fourth-order valence-electron chi connectivity index (χ4n) is 1.88. The van der Waals surface area contributed by atoms with Crippen molar-refractivity contribution in [3.05, 3.63) is 29.8 Å². The number of para-hydroxylation sites is 1. The highest BCUT2D eigenvalue weighted by molar-refractivity contribution is 5.85. The molecular formula is C15H25ClN2O2. The number of likely N-dealkylation sites (N-methyl/N-ethyl adjacent to an activating group) is 1. The monoisotopic (exact) mass is 300 g/mol. The first-order valence-corrected chi connectivity index (χ1v) is 6.59. The molecule has 2 unspecified atom stereocenters. The minimum Gasteiger partial charge on any atom is -0.496 e. The highest BCUT2D eigenvalue weighted by atomic mass is 35.5. The predicted octanol–water partition coefficient (Wildman–Crippen LogP) is 2.10. The molecule has 0 saturated heterocycles. The van der Waals surface area contributed by atoms with Crippen LogP contribution in [0.15, 0.2) is 24.3 Å². The van der Waals surface area contributed by atoms with E-state index in [-0.39, 0.29) is 30.3 Å². The number of halogens is 1. The van der Waals surface area contributed by atoms with E-state index >= 15 is 0 Å². The number of nitrogens with two attached hydrogens (primary N) is 1. The van der Waals surface area contributed by atoms with Crippen molar-refractivity contribution in [1.29, 1.82) is 0 Å². The second-order valence-corrected chi connectivity index (χ2v) is 4.97. The van der Waals surface area contributed by atoms with E-state index in [0.717, 1.165) is 17.7 Å². The van der Waals surface area contributed by atoms with E-state index < -0.39 is 0 Å². The fourth-order valence-corrected chi connectivity index (χ4v) is 1.88. The van der Waals surface area contributed by atoms with E-state index in [0.29, 0.717) is 6.54 Å². The van der Waals surface area contributed by atoms with Gasteiger partial charge < -0.3 is 15.4 Å². The quantitative estimate of drug-likeness (QED) is 0.875. The first-order chi connectivity index (χ1) is 8.97. The van der Waals surface area contributed by atoms with Gasteiger partial charge in [-0.05, 0) is 25.0 Å². The molecule has 0 aromatic heterocycles. The van der Waals surface area contributed by atoms with Crippen molar-refractivity contribution < 1.29 is 9.53 Å². The van der Waals surface area contributed by atoms with Gasteiger partial charge in [-0.1, -0.05) is 25.1 Å². The molecule has 114 valence electrons. The molecule has 1 aromatic carbocycles. The Kier molecular flexibility index (Phi) is 8.26. The van der Waals surface area contributed by atoms with Crippen molar-refractivity contribution in [2.75, 3.05) is 20.7 Å². The third-order valence-corrected chi connectivity index (χ3v) is 3.46. The van der Waals surface area contributed by atoms with Crippen LogP contribution in [-0.2, 0) is 11.2 Å². The Hall–Kier alpha value is -1.26. The van der Waals surface area contributed by atoms with Crippen LogP contribution < -0.4 is 10.5 Å². The molecule has 1 amide bonds. The summed E-state index contributed by atoms with van der Waals surface area (Å²) in [6.45, 7) is 4.39. The van der Waals surface area contributed by atoms with Crippen LogP contribution in [0.2, 0.25) is 0 Å². The van der Waals surface area contributed by atoms with Gasteiger partial charge in [0.25, 0.3) is 0 Å². The summed E-state index contributed by atoms with van der Waals surface area (Å²) in [5.74, 6) is 0.802. The highest BCUT2D eigenvalue weighted by Gasteiger charge is 2.20. The summed E-state index contributed by atoms with van der Waals surface area (Å²) >= 11 is 0. The Morgan fingerprint density at radius 3 is 2.50 bits per heavy atom. The average Bonchev–Trinajstić information content (AvgIpc) is 2.43. The molecule has 0 spiro atoms. The highest BCUT2D eigenvalue weighted by Crippen LogP contribution is 2.18. The van der Waals surface area contributed by atoms with Crippen molar-refractivity contribution in [2.24, 2.45) is 11.7 Å². The first-order valence-electron chi connectivity index (χ1n) is 6.59. The normalized spacial score (nSPS) is 13.1. The maximum Gasteiger partial charge on any atom is 0.226 e. The van der Waals surface area contributed by atoms with Crippen molar-refractivity contribution in [1.82, 2.24) is 4.90 Å². The fraction of sp³-hybridized carbons (Fsp3) is 0.533. The third-order valence-electron chi connectivity index (χ3n) is 3.46. The van der Waals surface area contributed by atoms with Crippen molar-refractivity contribution in [3.8, 4) is 5.75 Å². The average molecular weight is 301 g/mol. The van der Waals surface area contributed by atoms with E-state index in [1.165, 1.54) is 0 Å². The van der Waals surface area contributed by atoms with Gasteiger partial charge in [0.1, 0.15) is 5.75 Å². The van der Waals surface area contributed by atoms with Gasteiger partial charge in [0, 0.05) is 19.6 Å². The maximum absolute atomic E-state index is 12.1. The van der Waals surface area contributed by atoms with Gasteiger partial charge in [-0.25, -0.2) is 0 Å². The van der Waals surface area contributed by atoms with E-state index in [9.17, 15) is 4.79 Å². The molecule has 1 rings (SSSR count). The number of hydrogen-bond acceptors (Lipinski definition) is 3. The van der Waals surface area contributed by atoms with Gasteiger partial charge >= 0.3 is 0 Å². The second-order valence-electron chi connectivity index (χ2n) is 4.97. The summed E-state index contributed by atoms with van der Waals surface area (Å²) < 4.78 is 5.30. The number of methoxy groups -OCH3 is 1. The molecule has 0 aliphatic heterocycles. The Labute approximate surface area is 127 Å². The third kappa shape index (κ3) is 5.02. The maximum atomic E-state index is 12.1. The number of benzene rings is 1. The number of rotatable bonds is 6. The lowest BCUT2D eigenvalue weighted by molar-refractivity contribution is -0.134. The molecule has 5 heteroatoms. The van der Waals surface area contributed by atoms with Gasteiger partial charge in [-0.15, -0.1) is 12.4 Å². The number of carbonyl (C=O) groups is 1. The summed E-state index contributed by atoms with van der Waals surface area (Å²) in [7, 11) is 3.47. The van der Waals surface area contributed by atoms with Crippen LogP contribution in [0.3, 0.4) is 0 Å². The molecule has 0 aliphatic rings. The van der Waals surface area contributed by atoms with Gasteiger partial charge in [-0.3, -0.25) is 4.79 Å². The van der Waals surface area contributed by atoms with Gasteiger partial charge in [0.2, 0.25) is 5.91 Å². The van der Waals surface area contributed by atoms with Crippen LogP contribution in [0.5, 0.6) is 5.75 Å². The van der Waals surface area contributed by atoms with Crippen LogP contribution in [0, 0.1) is 5.92 Å². The van der Waals surface area contributed by atoms with Crippen LogP contribution in [-0.4, -0.2) is 37.6 Å². The van der Waals surface area contributed by atoms with Crippen molar-refractivity contribution >= 4 is 18.3 Å². The number of nitrogens with zero attached hydrogens (tertiary/aromatic N) is 1. The molecule has 2 atom stereocenters. The summed E-state index contributed by atoms with van der Waals surface area (Å²) in [5.41, 5.74) is 6.87. The zero-order chi connectivity index (χ0) is 14.4. The topological polar surface area (TPSA) is 55.6 Å². The molecule has 0 heterocycles. The van der Waals surface area contributed by atoms with E-state index in [1.54, 1.807) is 12.0 Å². The molecule has 0 radical (unpaired) electrons. The minimum atomic E-state index is -0.150. The second kappa shape index (κ2) is 8.82. The molecular weight excluding hydrogens is 276 g/mol. The first kappa shape index (κ1) is 18.7. The zero-order valence-corrected chi connectivity index (χ0v) is 13.4. The summed E-state index contributed by atoms with van der Waals surface area (Å²) in [5, 5.41) is 0. The minimum absolute atomic E-state index is 0. The number of ether oxygens (including phenoxy) is 1. The molecule has 20 heavy (non-hydrogen) atoms. The lowest BCUT2D eigenvalue weighted by atomic mass is 10.0. The summed E-state index contributed by atoms with van der Waals surface area (Å²) in [6, 6.07) is 7.74. The Morgan fingerprint density at radius 2 is 1.95 bits per heavy atom. The van der Waals surface area contributed by atoms with Crippen molar-refractivity contribution in [2.45, 2.75) is 26.3 Å². The summed E-state index contributed by atoms with van der Waals surface area (Å²) in [4.78, 5) is 13.8. The molecule has 2 N–H and O–H groups in total. The van der Waals surface area contributed by atoms with Crippen molar-refractivity contribution in [3.63, 3.8) is 0 Å². The van der Waals surface area contributed by atoms with Crippen LogP contribution in [0.1, 0.15) is 19.4 Å². The number of amides is 1. The molecule has 0 bridgehead atoms. The Morgan fingerprint density at radius 1 is 1.35 bits per heavy atom. The largest absolute Gasteiger partial charge is 0.496 e. The molecule has 0 saturated carbocycles. The standard InChI is InChI=1S/C15H24N2O2.ClH/c1-11(12(2)16)15(18)17(3)10-9-13-7-5-6-8-14(13)19-4;/h5-8,11-12H,9-10,16H2,1-4H3;1H. The SMILES string of the molecule is COc1ccccc1CCN(C)C(=O)C(C)C(C)N.Cl. The lowest BCUT2D eigenvalue weighted by Gasteiger charge is -2.23. The van der Waals surface area contributed by atoms with E-state index in [4.69, 9.17) is 10.5 Å². The Balaban J connectivity index is 0.00000361. The van der Waals surface area contributed by atoms with E-state index in [2.05, 4.69) is 0 Å². The van der Waals surface area contributed by atoms with Crippen LogP contribution >= 0.6 is 12.4 Å². The Bertz CT molecular complexity index is 424. The number of carbonyl (C=O) groups excluding carboxylic acids is 1. The van der Waals surface area contributed by atoms with Crippen LogP contribution in [0.4, 0.5) is 0 Å². The zero-order valence-electron chi connectivity index (χ0n) is 12.6.